The highest BCUT2D eigenvalue weighted by molar-refractivity contribution is 7.22. The number of ether oxygens (including phenoxy) is 1. The van der Waals surface area contributed by atoms with E-state index < -0.39 is 5.97 Å². The fourth-order valence-electron chi connectivity index (χ4n) is 3.13. The van der Waals surface area contributed by atoms with Crippen LogP contribution in [0.4, 0.5) is 4.39 Å². The third-order valence-electron chi connectivity index (χ3n) is 4.66. The number of carbonyl (C=O) groups is 1. The molecule has 0 radical (unpaired) electrons. The van der Waals surface area contributed by atoms with E-state index in [0.717, 1.165) is 32.2 Å². The summed E-state index contributed by atoms with van der Waals surface area (Å²) in [5.41, 5.74) is 1.98. The van der Waals surface area contributed by atoms with Gasteiger partial charge >= 0.3 is 5.97 Å². The van der Waals surface area contributed by atoms with Crippen molar-refractivity contribution in [1.29, 1.82) is 0 Å². The largest absolute Gasteiger partial charge is 0.508 e. The number of benzene rings is 3. The number of carboxylic acid groups (broad SMARTS) is 1. The van der Waals surface area contributed by atoms with Crippen LogP contribution in [0.1, 0.15) is 11.1 Å². The van der Waals surface area contributed by atoms with Crippen LogP contribution in [0.3, 0.4) is 0 Å². The molecule has 0 spiro atoms. The van der Waals surface area contributed by atoms with Gasteiger partial charge in [-0.3, -0.25) is 0 Å². The van der Waals surface area contributed by atoms with Gasteiger partial charge in [0.25, 0.3) is 0 Å². The van der Waals surface area contributed by atoms with Crippen molar-refractivity contribution in [1.82, 2.24) is 0 Å². The summed E-state index contributed by atoms with van der Waals surface area (Å²) in [6.45, 7) is 1.72. The first-order valence-corrected chi connectivity index (χ1v) is 9.94. The van der Waals surface area contributed by atoms with Crippen molar-refractivity contribution in [3.63, 3.8) is 0 Å². The van der Waals surface area contributed by atoms with Crippen molar-refractivity contribution >= 4 is 33.5 Å². The van der Waals surface area contributed by atoms with Gasteiger partial charge in [-0.25, -0.2) is 9.18 Å². The molecule has 4 nitrogen and oxygen atoms in total. The molecule has 0 fully saturated rings. The summed E-state index contributed by atoms with van der Waals surface area (Å²) in [5, 5.41) is 19.4. The molecule has 4 rings (SSSR count). The molecule has 0 amide bonds. The smallest absolute Gasteiger partial charge is 0.328 e. The summed E-state index contributed by atoms with van der Waals surface area (Å²) in [4.78, 5) is 11.4. The SMILES string of the molecule is Cc1c(F)cccc1-c1sc2cc(O)ccc2c1Oc1ccc(/C=C/C(=O)O)cc1. The van der Waals surface area contributed by atoms with Gasteiger partial charge in [0.2, 0.25) is 0 Å². The van der Waals surface area contributed by atoms with E-state index in [-0.39, 0.29) is 11.6 Å². The second kappa shape index (κ2) is 8.00. The fourth-order valence-corrected chi connectivity index (χ4v) is 4.37. The molecule has 4 aromatic rings. The van der Waals surface area contributed by atoms with Gasteiger partial charge in [-0.15, -0.1) is 11.3 Å². The Morgan fingerprint density at radius 1 is 1.10 bits per heavy atom. The summed E-state index contributed by atoms with van der Waals surface area (Å²) < 4.78 is 21.2. The Hall–Kier alpha value is -3.64. The Kier molecular flexibility index (Phi) is 5.25. The molecule has 3 aromatic carbocycles. The minimum absolute atomic E-state index is 0.146. The molecule has 0 aliphatic rings. The van der Waals surface area contributed by atoms with Crippen LogP contribution < -0.4 is 4.74 Å². The topological polar surface area (TPSA) is 66.8 Å². The Bertz CT molecular complexity index is 1270. The number of rotatable bonds is 5. The average molecular weight is 420 g/mol. The maximum Gasteiger partial charge on any atom is 0.328 e. The molecule has 1 heterocycles. The molecule has 0 atom stereocenters. The normalized spacial score (nSPS) is 11.3. The molecule has 0 saturated carbocycles. The zero-order valence-corrected chi connectivity index (χ0v) is 16.7. The van der Waals surface area contributed by atoms with Gasteiger partial charge in [0.15, 0.2) is 5.75 Å². The zero-order valence-electron chi connectivity index (χ0n) is 15.9. The van der Waals surface area contributed by atoms with Crippen molar-refractivity contribution in [2.45, 2.75) is 6.92 Å². The minimum Gasteiger partial charge on any atom is -0.508 e. The Morgan fingerprint density at radius 2 is 1.87 bits per heavy atom. The van der Waals surface area contributed by atoms with Gasteiger partial charge in [-0.1, -0.05) is 24.3 Å². The first kappa shape index (κ1) is 19.7. The lowest BCUT2D eigenvalue weighted by Gasteiger charge is -2.10. The average Bonchev–Trinajstić information content (AvgIpc) is 3.06. The number of phenols is 1. The number of aliphatic carboxylic acids is 1. The number of fused-ring (bicyclic) bond motifs is 1. The van der Waals surface area contributed by atoms with E-state index in [1.807, 2.05) is 6.07 Å². The number of phenolic OH excluding ortho intramolecular Hbond substituents is 1. The highest BCUT2D eigenvalue weighted by Gasteiger charge is 2.19. The van der Waals surface area contributed by atoms with Gasteiger partial charge in [-0.05, 0) is 60.5 Å². The van der Waals surface area contributed by atoms with Gasteiger partial charge in [-0.2, -0.15) is 0 Å². The molecule has 0 unspecified atom stereocenters. The Balaban J connectivity index is 1.79. The lowest BCUT2D eigenvalue weighted by atomic mass is 10.1. The number of hydrogen-bond acceptors (Lipinski definition) is 4. The van der Waals surface area contributed by atoms with Crippen LogP contribution in [0.2, 0.25) is 0 Å². The van der Waals surface area contributed by atoms with Crippen LogP contribution in [-0.4, -0.2) is 16.2 Å². The third-order valence-corrected chi connectivity index (χ3v) is 5.83. The van der Waals surface area contributed by atoms with Crippen molar-refractivity contribution in [2.24, 2.45) is 0 Å². The molecule has 0 aliphatic heterocycles. The summed E-state index contributed by atoms with van der Waals surface area (Å²) in [5.74, 6) is -0.0257. The molecular weight excluding hydrogens is 403 g/mol. The predicted molar refractivity (Wildman–Crippen MR) is 117 cm³/mol. The Morgan fingerprint density at radius 3 is 2.60 bits per heavy atom. The van der Waals surface area contributed by atoms with Crippen LogP contribution in [0, 0.1) is 12.7 Å². The zero-order chi connectivity index (χ0) is 21.3. The van der Waals surface area contributed by atoms with Crippen molar-refractivity contribution in [3.8, 4) is 27.7 Å². The van der Waals surface area contributed by atoms with Gasteiger partial charge in [0, 0.05) is 21.7 Å². The van der Waals surface area contributed by atoms with E-state index in [1.165, 1.54) is 23.5 Å². The van der Waals surface area contributed by atoms with E-state index in [4.69, 9.17) is 9.84 Å². The Labute approximate surface area is 176 Å². The molecule has 30 heavy (non-hydrogen) atoms. The molecular formula is C24H17FO4S. The molecule has 150 valence electrons. The second-order valence-electron chi connectivity index (χ2n) is 6.70. The molecule has 6 heteroatoms. The first-order chi connectivity index (χ1) is 14.4. The maximum atomic E-state index is 14.2. The van der Waals surface area contributed by atoms with Gasteiger partial charge in [0.1, 0.15) is 17.3 Å². The molecule has 0 saturated heterocycles. The quantitative estimate of drug-likeness (QED) is 0.357. The number of thiophene rings is 1. The summed E-state index contributed by atoms with van der Waals surface area (Å²) in [6.07, 6.45) is 2.57. The summed E-state index contributed by atoms with van der Waals surface area (Å²) in [7, 11) is 0. The highest BCUT2D eigenvalue weighted by Crippen LogP contribution is 2.48. The summed E-state index contributed by atoms with van der Waals surface area (Å²) in [6, 6.07) is 16.9. The van der Waals surface area contributed by atoms with Crippen molar-refractivity contribution < 1.29 is 24.1 Å². The van der Waals surface area contributed by atoms with Crippen LogP contribution >= 0.6 is 11.3 Å². The van der Waals surface area contributed by atoms with Gasteiger partial charge in [0.05, 0.1) is 4.88 Å². The number of carboxylic acids is 1. The first-order valence-electron chi connectivity index (χ1n) is 9.12. The number of hydrogen-bond donors (Lipinski definition) is 2. The van der Waals surface area contributed by atoms with E-state index >= 15 is 0 Å². The molecule has 1 aromatic heterocycles. The monoisotopic (exact) mass is 420 g/mol. The fraction of sp³-hybridized carbons (Fsp3) is 0.0417. The van der Waals surface area contributed by atoms with Crippen LogP contribution in [0.5, 0.6) is 17.2 Å². The van der Waals surface area contributed by atoms with Crippen molar-refractivity contribution in [2.75, 3.05) is 0 Å². The van der Waals surface area contributed by atoms with Crippen molar-refractivity contribution in [3.05, 3.63) is 83.7 Å². The lowest BCUT2D eigenvalue weighted by Crippen LogP contribution is -1.90. The number of aromatic hydroxyl groups is 1. The van der Waals surface area contributed by atoms with Crippen LogP contribution in [0.15, 0.2) is 66.7 Å². The van der Waals surface area contributed by atoms with Crippen LogP contribution in [0.25, 0.3) is 26.6 Å². The predicted octanol–water partition coefficient (Wildman–Crippen LogP) is 6.61. The van der Waals surface area contributed by atoms with E-state index in [0.29, 0.717) is 17.1 Å². The maximum absolute atomic E-state index is 14.2. The minimum atomic E-state index is -1.02. The highest BCUT2D eigenvalue weighted by atomic mass is 32.1. The molecule has 2 N–H and O–H groups in total. The number of halogens is 1. The summed E-state index contributed by atoms with van der Waals surface area (Å²) >= 11 is 1.42. The third kappa shape index (κ3) is 3.90. The van der Waals surface area contributed by atoms with E-state index in [9.17, 15) is 14.3 Å². The van der Waals surface area contributed by atoms with E-state index in [1.54, 1.807) is 55.5 Å². The molecule has 0 aliphatic carbocycles. The van der Waals surface area contributed by atoms with E-state index in [2.05, 4.69) is 0 Å². The molecule has 0 bridgehead atoms. The standard InChI is InChI=1S/C24H17FO4S/c1-14-18(3-2-4-20(14)25)24-23(19-11-8-16(26)13-21(19)30-24)29-17-9-5-15(6-10-17)7-12-22(27)28/h2-13,26H,1H3,(H,27,28)/b12-7+. The van der Waals surface area contributed by atoms with Gasteiger partial charge < -0.3 is 14.9 Å². The second-order valence-corrected chi connectivity index (χ2v) is 7.75. The lowest BCUT2D eigenvalue weighted by molar-refractivity contribution is -0.131. The van der Waals surface area contributed by atoms with Crippen LogP contribution in [-0.2, 0) is 4.79 Å².